The predicted octanol–water partition coefficient (Wildman–Crippen LogP) is 2.90. The molecule has 3 heterocycles. The molecule has 0 radical (unpaired) electrons. The second-order valence-corrected chi connectivity index (χ2v) is 11.1. The molecule has 0 bridgehead atoms. The van der Waals surface area contributed by atoms with Gasteiger partial charge in [-0.2, -0.15) is 0 Å². The molecule has 6 nitrogen and oxygen atoms in total. The molecule has 3 rings (SSSR count). The molecule has 148 valence electrons. The SMILES string of the molecule is CCS(=O)(=O)N1CCC(C(=O)NCCc2ccc(-c3csc(C)n3)s2)CC1. The summed E-state index contributed by atoms with van der Waals surface area (Å²) in [6.45, 7) is 5.13. The number of carbonyl (C=O) groups excluding carboxylic acids is 1. The lowest BCUT2D eigenvalue weighted by molar-refractivity contribution is -0.126. The maximum absolute atomic E-state index is 12.4. The summed E-state index contributed by atoms with van der Waals surface area (Å²) in [6.07, 6.45) is 1.98. The Hall–Kier alpha value is -1.29. The van der Waals surface area contributed by atoms with Gasteiger partial charge in [-0.25, -0.2) is 17.7 Å². The van der Waals surface area contributed by atoms with Crippen molar-refractivity contribution in [3.8, 4) is 10.6 Å². The minimum absolute atomic E-state index is 0.0375. The summed E-state index contributed by atoms with van der Waals surface area (Å²) < 4.78 is 25.3. The lowest BCUT2D eigenvalue weighted by atomic mass is 9.97. The Bertz CT molecular complexity index is 881. The second-order valence-electron chi connectivity index (χ2n) is 6.63. The third-order valence-electron chi connectivity index (χ3n) is 4.79. The number of amides is 1. The number of aromatic nitrogens is 1. The summed E-state index contributed by atoms with van der Waals surface area (Å²) in [5.74, 6) is 0.0632. The monoisotopic (exact) mass is 427 g/mol. The highest BCUT2D eigenvalue weighted by Gasteiger charge is 2.29. The summed E-state index contributed by atoms with van der Waals surface area (Å²) in [7, 11) is -3.14. The van der Waals surface area contributed by atoms with Gasteiger partial charge < -0.3 is 5.32 Å². The van der Waals surface area contributed by atoms with E-state index in [0.717, 1.165) is 22.0 Å². The zero-order valence-corrected chi connectivity index (χ0v) is 18.1. The lowest BCUT2D eigenvalue weighted by Gasteiger charge is -2.30. The number of nitrogens with one attached hydrogen (secondary N) is 1. The molecular formula is C18H25N3O3S3. The Morgan fingerprint density at radius 1 is 1.33 bits per heavy atom. The Morgan fingerprint density at radius 3 is 2.70 bits per heavy atom. The van der Waals surface area contributed by atoms with Crippen LogP contribution < -0.4 is 5.32 Å². The van der Waals surface area contributed by atoms with E-state index < -0.39 is 10.0 Å². The minimum Gasteiger partial charge on any atom is -0.355 e. The average Bonchev–Trinajstić information content (AvgIpc) is 3.30. The number of piperidine rings is 1. The fourth-order valence-electron chi connectivity index (χ4n) is 3.16. The third kappa shape index (κ3) is 5.16. The van der Waals surface area contributed by atoms with Crippen molar-refractivity contribution in [2.45, 2.75) is 33.1 Å². The minimum atomic E-state index is -3.14. The van der Waals surface area contributed by atoms with Gasteiger partial charge in [0.05, 0.1) is 21.3 Å². The maximum Gasteiger partial charge on any atom is 0.223 e. The molecule has 1 saturated heterocycles. The Labute approximate surface area is 168 Å². The van der Waals surface area contributed by atoms with Crippen molar-refractivity contribution in [1.29, 1.82) is 0 Å². The molecule has 1 aliphatic rings. The average molecular weight is 428 g/mol. The van der Waals surface area contributed by atoms with Crippen LogP contribution in [0.1, 0.15) is 29.7 Å². The van der Waals surface area contributed by atoms with Crippen molar-refractivity contribution in [1.82, 2.24) is 14.6 Å². The highest BCUT2D eigenvalue weighted by Crippen LogP contribution is 2.29. The highest BCUT2D eigenvalue weighted by atomic mass is 32.2. The van der Waals surface area contributed by atoms with Crippen molar-refractivity contribution in [2.24, 2.45) is 5.92 Å². The Morgan fingerprint density at radius 2 is 2.07 bits per heavy atom. The topological polar surface area (TPSA) is 79.4 Å². The van der Waals surface area contributed by atoms with Crippen molar-refractivity contribution in [3.63, 3.8) is 0 Å². The van der Waals surface area contributed by atoms with Gasteiger partial charge in [0.2, 0.25) is 15.9 Å². The summed E-state index contributed by atoms with van der Waals surface area (Å²) in [6, 6.07) is 4.18. The number of carbonyl (C=O) groups is 1. The Balaban J connectivity index is 1.43. The van der Waals surface area contributed by atoms with Gasteiger partial charge in [0.1, 0.15) is 0 Å². The van der Waals surface area contributed by atoms with E-state index >= 15 is 0 Å². The molecule has 0 atom stereocenters. The first-order chi connectivity index (χ1) is 12.9. The number of sulfonamides is 1. The van der Waals surface area contributed by atoms with Crippen LogP contribution in [0.4, 0.5) is 0 Å². The van der Waals surface area contributed by atoms with E-state index in [-0.39, 0.29) is 17.6 Å². The molecule has 9 heteroatoms. The van der Waals surface area contributed by atoms with E-state index in [0.29, 0.717) is 32.5 Å². The van der Waals surface area contributed by atoms with E-state index in [1.54, 1.807) is 29.6 Å². The Kier molecular flexibility index (Phi) is 6.67. The summed E-state index contributed by atoms with van der Waals surface area (Å²) in [5, 5.41) is 6.14. The van der Waals surface area contributed by atoms with Gasteiger partial charge in [0.25, 0.3) is 0 Å². The number of thiazole rings is 1. The third-order valence-corrected chi connectivity index (χ3v) is 8.61. The van der Waals surface area contributed by atoms with Crippen molar-refractivity contribution in [2.75, 3.05) is 25.4 Å². The normalized spacial score (nSPS) is 16.5. The fourth-order valence-corrected chi connectivity index (χ4v) is 5.95. The van der Waals surface area contributed by atoms with Gasteiger partial charge in [-0.1, -0.05) is 0 Å². The van der Waals surface area contributed by atoms with E-state index in [2.05, 4.69) is 27.8 Å². The van der Waals surface area contributed by atoms with Crippen LogP contribution in [0.2, 0.25) is 0 Å². The number of hydrogen-bond acceptors (Lipinski definition) is 6. The quantitative estimate of drug-likeness (QED) is 0.737. The van der Waals surface area contributed by atoms with Gasteiger partial charge in [0, 0.05) is 35.8 Å². The fraction of sp³-hybridized carbons (Fsp3) is 0.556. The van der Waals surface area contributed by atoms with E-state index in [9.17, 15) is 13.2 Å². The van der Waals surface area contributed by atoms with Gasteiger partial charge in [0.15, 0.2) is 0 Å². The van der Waals surface area contributed by atoms with Crippen LogP contribution in [0.3, 0.4) is 0 Å². The molecule has 1 N–H and O–H groups in total. The molecule has 27 heavy (non-hydrogen) atoms. The van der Waals surface area contributed by atoms with Crippen molar-refractivity contribution in [3.05, 3.63) is 27.4 Å². The number of aryl methyl sites for hydroxylation is 1. The number of hydrogen-bond donors (Lipinski definition) is 1. The number of rotatable bonds is 7. The standard InChI is InChI=1S/C18H25N3O3S3/c1-3-27(23,24)21-10-7-14(8-11-21)18(22)19-9-6-15-4-5-17(26-15)16-12-25-13(2)20-16/h4-5,12,14H,3,6-11H2,1-2H3,(H,19,22). The number of nitrogens with zero attached hydrogens (tertiary/aromatic N) is 2. The van der Waals surface area contributed by atoms with E-state index in [4.69, 9.17) is 0 Å². The highest BCUT2D eigenvalue weighted by molar-refractivity contribution is 7.89. The van der Waals surface area contributed by atoms with Crippen LogP contribution in [0.25, 0.3) is 10.6 Å². The second kappa shape index (κ2) is 8.81. The summed E-state index contributed by atoms with van der Waals surface area (Å²) in [4.78, 5) is 19.2. The first-order valence-corrected chi connectivity index (χ1v) is 12.5. The van der Waals surface area contributed by atoms with Crippen molar-refractivity contribution >= 4 is 38.6 Å². The van der Waals surface area contributed by atoms with Crippen LogP contribution in [0.15, 0.2) is 17.5 Å². The zero-order valence-electron chi connectivity index (χ0n) is 15.6. The van der Waals surface area contributed by atoms with Crippen LogP contribution in [-0.2, 0) is 21.2 Å². The number of thiophene rings is 1. The van der Waals surface area contributed by atoms with Crippen LogP contribution in [-0.4, -0.2) is 49.0 Å². The van der Waals surface area contributed by atoms with Gasteiger partial charge in [-0.15, -0.1) is 22.7 Å². The first kappa shape index (κ1) is 20.4. The predicted molar refractivity (Wildman–Crippen MR) is 111 cm³/mol. The van der Waals surface area contributed by atoms with Gasteiger partial charge >= 0.3 is 0 Å². The first-order valence-electron chi connectivity index (χ1n) is 9.16. The zero-order chi connectivity index (χ0) is 19.4. The van der Waals surface area contributed by atoms with Crippen molar-refractivity contribution < 1.29 is 13.2 Å². The molecular weight excluding hydrogens is 402 g/mol. The van der Waals surface area contributed by atoms with Crippen LogP contribution >= 0.6 is 22.7 Å². The molecule has 2 aromatic heterocycles. The molecule has 0 aromatic carbocycles. The molecule has 1 fully saturated rings. The molecule has 1 aliphatic heterocycles. The van der Waals surface area contributed by atoms with Crippen LogP contribution in [0.5, 0.6) is 0 Å². The maximum atomic E-state index is 12.4. The molecule has 0 unspecified atom stereocenters. The van der Waals surface area contributed by atoms with E-state index in [1.165, 1.54) is 9.18 Å². The van der Waals surface area contributed by atoms with Gasteiger partial charge in [-0.05, 0) is 45.2 Å². The van der Waals surface area contributed by atoms with Crippen LogP contribution in [0, 0.1) is 12.8 Å². The van der Waals surface area contributed by atoms with E-state index in [1.807, 2.05) is 6.92 Å². The lowest BCUT2D eigenvalue weighted by Crippen LogP contribution is -2.43. The summed E-state index contributed by atoms with van der Waals surface area (Å²) in [5.41, 5.74) is 1.02. The molecule has 0 spiro atoms. The summed E-state index contributed by atoms with van der Waals surface area (Å²) >= 11 is 3.36. The van der Waals surface area contributed by atoms with Gasteiger partial charge in [-0.3, -0.25) is 4.79 Å². The molecule has 0 aliphatic carbocycles. The molecule has 0 saturated carbocycles. The largest absolute Gasteiger partial charge is 0.355 e. The molecule has 2 aromatic rings. The molecule has 1 amide bonds. The smallest absolute Gasteiger partial charge is 0.223 e.